The molecule has 9 N–H and O–H groups in total. The molecular weight excluding hydrogens is 1260 g/mol. The van der Waals surface area contributed by atoms with Crippen LogP contribution in [0.15, 0.2) is 206 Å². The third kappa shape index (κ3) is 20.0. The fraction of sp³-hybridized carbons (Fsp3) is 0.189. The number of carbonyl (C=O) groups excluding carboxylic acids is 6. The van der Waals surface area contributed by atoms with Crippen molar-refractivity contribution in [2.75, 3.05) is 29.0 Å². The number of nitrogens with two attached hydrogens (primary N) is 2. The molecule has 1 saturated heterocycles. The van der Waals surface area contributed by atoms with Gasteiger partial charge in [-0.15, -0.1) is 0 Å². The third-order valence-corrected chi connectivity index (χ3v) is 16.5. The number of halogens is 3. The second kappa shape index (κ2) is 33.9. The van der Waals surface area contributed by atoms with E-state index in [1.165, 1.54) is 44.3 Å². The van der Waals surface area contributed by atoms with Gasteiger partial charge >= 0.3 is 0 Å². The number of nitrogen functional groups attached to an aromatic ring is 1. The number of anilines is 3. The number of benzene rings is 6. The lowest BCUT2D eigenvalue weighted by atomic mass is 9.97. The Kier molecular flexibility index (Phi) is 24.5. The van der Waals surface area contributed by atoms with Gasteiger partial charge < -0.3 is 32.3 Å². The number of nitrogens with zero attached hydrogens (tertiary/aromatic N) is 5. The molecule has 18 nitrogen and oxygen atoms in total. The summed E-state index contributed by atoms with van der Waals surface area (Å²) >= 11 is 17.5. The van der Waals surface area contributed by atoms with Crippen LogP contribution in [0.25, 0.3) is 0 Å². The topological polar surface area (TPSA) is 293 Å². The molecule has 0 spiro atoms. The number of pyridine rings is 3. The van der Waals surface area contributed by atoms with Crippen molar-refractivity contribution in [3.8, 4) is 0 Å². The van der Waals surface area contributed by atoms with Crippen LogP contribution in [0.2, 0.25) is 15.1 Å². The van der Waals surface area contributed by atoms with Crippen molar-refractivity contribution >= 4 is 105 Å². The SMILES string of the molecule is N=C(N)c1ccc(C(=O)Cc2ccccc2C(=O)Nc2ccc(Cl)cn2)cc1.N=C(c1ccc(C(=O)Cc2ccccc2C(=O)Nc2ccc(Cl)cn2)cc1)N1CCCCCC1.NC(=NC1CCCC1)c1ccc(C(=O)Cc2ccccc2C(=O)Nc2ccc(Cl)cn2)cc1. The molecule has 2 fully saturated rings. The molecule has 3 amide bonds. The van der Waals surface area contributed by atoms with Crippen LogP contribution in [-0.4, -0.2) is 91.6 Å². The molecule has 0 radical (unpaired) electrons. The van der Waals surface area contributed by atoms with E-state index in [1.807, 2.05) is 36.4 Å². The summed E-state index contributed by atoms with van der Waals surface area (Å²) in [6, 6.07) is 52.0. The summed E-state index contributed by atoms with van der Waals surface area (Å²) in [7, 11) is 0. The van der Waals surface area contributed by atoms with Crippen molar-refractivity contribution in [2.24, 2.45) is 16.5 Å². The Balaban J connectivity index is 0.000000168. The first-order valence-electron chi connectivity index (χ1n) is 30.9. The fourth-order valence-electron chi connectivity index (χ4n) is 10.7. The standard InChI is InChI=1S/C27H27ClN4O2.C26H25ClN4O2.C21H17ClN4O2/c28-22-13-14-25(30-18-22)31-27(34)23-8-4-3-7-21(23)17-24(33)19-9-11-20(12-10-19)26(29)32-15-5-1-2-6-16-32;27-20-13-14-24(29-16-20)31-26(33)22-8-4-1-5-19(22)15-23(32)17-9-11-18(12-10-17)25(28)30-21-6-2-3-7-21;22-16-9-10-19(25-12-16)26-21(28)17-4-2-1-3-15(17)11-18(27)13-5-7-14(8-6-13)20(23)24/h3-4,7-14,18,29H,1-2,5-6,15-17H2,(H,30,31,34);1,4-5,8-14,16,21H,2-3,6-7,15H2,(H2,28,30)(H,29,31,33);1-10,12H,11H2,(H3,23,24)(H,25,26,28). The summed E-state index contributed by atoms with van der Waals surface area (Å²) in [6.45, 7) is 1.81. The van der Waals surface area contributed by atoms with Crippen molar-refractivity contribution in [3.05, 3.63) is 282 Å². The summed E-state index contributed by atoms with van der Waals surface area (Å²) in [5, 5.41) is 25.6. The number of aromatic nitrogens is 3. The smallest absolute Gasteiger partial charge is 0.257 e. The quantitative estimate of drug-likeness (QED) is 0.0226. The van der Waals surface area contributed by atoms with E-state index >= 15 is 0 Å². The predicted octanol–water partition coefficient (Wildman–Crippen LogP) is 14.4. The van der Waals surface area contributed by atoms with Gasteiger partial charge in [-0.05, 0) is 97.0 Å². The van der Waals surface area contributed by atoms with Gasteiger partial charge in [-0.1, -0.05) is 188 Å². The minimum Gasteiger partial charge on any atom is -0.384 e. The first-order chi connectivity index (χ1) is 45.9. The molecule has 4 heterocycles. The molecular formula is C74H69Cl3N12O6. The Morgan fingerprint density at radius 3 is 1.08 bits per heavy atom. The Hall–Kier alpha value is -10.5. The first kappa shape index (κ1) is 68.8. The van der Waals surface area contributed by atoms with E-state index in [0.717, 1.165) is 49.9 Å². The van der Waals surface area contributed by atoms with Crippen LogP contribution in [0.3, 0.4) is 0 Å². The Morgan fingerprint density at radius 2 is 0.747 bits per heavy atom. The van der Waals surface area contributed by atoms with Crippen LogP contribution in [0.1, 0.15) is 147 Å². The largest absolute Gasteiger partial charge is 0.384 e. The van der Waals surface area contributed by atoms with Crippen molar-refractivity contribution in [2.45, 2.75) is 76.7 Å². The molecule has 2 aliphatic rings. The highest BCUT2D eigenvalue weighted by Crippen LogP contribution is 2.24. The normalized spacial score (nSPS) is 12.9. The van der Waals surface area contributed by atoms with E-state index in [4.69, 9.17) is 57.1 Å². The maximum absolute atomic E-state index is 13.0. The number of Topliss-reactive ketones (excluding diaryl/α,β-unsaturated/α-hetero) is 3. The number of hydrogen-bond acceptors (Lipinski definition) is 12. The average molecular weight is 1330 g/mol. The van der Waals surface area contributed by atoms with Crippen LogP contribution in [0.4, 0.5) is 17.5 Å². The van der Waals surface area contributed by atoms with E-state index < -0.39 is 0 Å². The fourth-order valence-corrected chi connectivity index (χ4v) is 11.0. The Labute approximate surface area is 565 Å². The van der Waals surface area contributed by atoms with E-state index in [1.54, 1.807) is 146 Å². The number of aliphatic imine (C=N–C) groups is 1. The first-order valence-corrected chi connectivity index (χ1v) is 32.0. The molecule has 1 saturated carbocycles. The van der Waals surface area contributed by atoms with Gasteiger partial charge in [0.25, 0.3) is 17.7 Å². The number of amides is 3. The Bertz CT molecular complexity index is 4230. The van der Waals surface area contributed by atoms with Crippen molar-refractivity contribution in [1.29, 1.82) is 10.8 Å². The van der Waals surface area contributed by atoms with Crippen molar-refractivity contribution in [3.63, 3.8) is 0 Å². The van der Waals surface area contributed by atoms with Gasteiger partial charge in [0.05, 0.1) is 21.1 Å². The molecule has 3 aromatic heterocycles. The van der Waals surface area contributed by atoms with Crippen LogP contribution < -0.4 is 27.4 Å². The summed E-state index contributed by atoms with van der Waals surface area (Å²) in [6.07, 6.45) is 13.8. The van der Waals surface area contributed by atoms with E-state index in [9.17, 15) is 28.8 Å². The molecule has 6 aromatic carbocycles. The lowest BCUT2D eigenvalue weighted by Crippen LogP contribution is -2.31. The highest BCUT2D eigenvalue weighted by molar-refractivity contribution is 6.31. The zero-order valence-electron chi connectivity index (χ0n) is 51.8. The predicted molar refractivity (Wildman–Crippen MR) is 375 cm³/mol. The van der Waals surface area contributed by atoms with Gasteiger partial charge in [-0.25, -0.2) is 15.0 Å². The van der Waals surface area contributed by atoms with Gasteiger partial charge in [0.1, 0.15) is 35.0 Å². The van der Waals surface area contributed by atoms with Gasteiger partial charge in [0.15, 0.2) is 17.3 Å². The Morgan fingerprint density at radius 1 is 0.421 bits per heavy atom. The molecule has 95 heavy (non-hydrogen) atoms. The van der Waals surface area contributed by atoms with Crippen LogP contribution in [-0.2, 0) is 19.3 Å². The molecule has 1 aliphatic heterocycles. The molecule has 0 atom stereocenters. The van der Waals surface area contributed by atoms with Gasteiger partial charge in [-0.3, -0.25) is 44.6 Å². The molecule has 0 unspecified atom stereocenters. The average Bonchev–Trinajstić information content (AvgIpc) is 1.77. The van der Waals surface area contributed by atoms with E-state index in [2.05, 4.69) is 40.8 Å². The third-order valence-electron chi connectivity index (χ3n) is 15.8. The lowest BCUT2D eigenvalue weighted by Gasteiger charge is -2.23. The van der Waals surface area contributed by atoms with Gasteiger partial charge in [0, 0.05) is 101 Å². The number of carbonyl (C=O) groups is 6. The van der Waals surface area contributed by atoms with Crippen molar-refractivity contribution < 1.29 is 28.8 Å². The second-order valence-electron chi connectivity index (χ2n) is 22.6. The summed E-state index contributed by atoms with van der Waals surface area (Å²) in [4.78, 5) is 95.7. The highest BCUT2D eigenvalue weighted by Gasteiger charge is 2.21. The van der Waals surface area contributed by atoms with Gasteiger partial charge in [0.2, 0.25) is 0 Å². The van der Waals surface area contributed by atoms with Gasteiger partial charge in [-0.2, -0.15) is 0 Å². The molecule has 9 aromatic rings. The molecule has 1 aliphatic carbocycles. The second-order valence-corrected chi connectivity index (χ2v) is 23.9. The molecule has 11 rings (SSSR count). The number of amidine groups is 3. The maximum Gasteiger partial charge on any atom is 0.257 e. The summed E-state index contributed by atoms with van der Waals surface area (Å²) < 4.78 is 0. The maximum atomic E-state index is 13.0. The van der Waals surface area contributed by atoms with E-state index in [0.29, 0.717) is 106 Å². The number of nitrogens with one attached hydrogen (secondary N) is 5. The minimum absolute atomic E-state index is 0.0585. The zero-order chi connectivity index (χ0) is 67.2. The number of hydrogen-bond donors (Lipinski definition) is 7. The lowest BCUT2D eigenvalue weighted by molar-refractivity contribution is 0.0980. The van der Waals surface area contributed by atoms with E-state index in [-0.39, 0.29) is 60.2 Å². The van der Waals surface area contributed by atoms with Crippen LogP contribution in [0.5, 0.6) is 0 Å². The molecule has 482 valence electrons. The number of likely N-dealkylation sites (tertiary alicyclic amines) is 1. The summed E-state index contributed by atoms with van der Waals surface area (Å²) in [5.41, 5.74) is 18.5. The molecule has 21 heteroatoms. The van der Waals surface area contributed by atoms with Crippen LogP contribution >= 0.6 is 34.8 Å². The molecule has 0 bridgehead atoms. The number of ketones is 3. The van der Waals surface area contributed by atoms with Crippen molar-refractivity contribution in [1.82, 2.24) is 19.9 Å². The number of rotatable bonds is 19. The zero-order valence-corrected chi connectivity index (χ0v) is 54.1. The summed E-state index contributed by atoms with van der Waals surface area (Å²) in [5.74, 6) is 0.778. The minimum atomic E-state index is -0.356. The monoisotopic (exact) mass is 1330 g/mol. The van der Waals surface area contributed by atoms with Crippen LogP contribution in [0, 0.1) is 10.8 Å². The highest BCUT2D eigenvalue weighted by atomic mass is 35.5.